The molecule has 0 spiro atoms. The number of nitrogens with one attached hydrogen (secondary N) is 1. The molecule has 2 heterocycles. The molecule has 2 aromatic carbocycles. The molecule has 4 rings (SSSR count). The van der Waals surface area contributed by atoms with E-state index >= 15 is 0 Å². The Morgan fingerprint density at radius 1 is 1.15 bits per heavy atom. The third kappa shape index (κ3) is 2.60. The number of aromatic amines is 1. The molecule has 0 aliphatic rings. The largest absolute Gasteiger partial charge is 0.422 e. The number of benzene rings is 2. The quantitative estimate of drug-likeness (QED) is 0.433. The lowest BCUT2D eigenvalue weighted by molar-refractivity contribution is 0.563. The molecule has 2 aromatic heterocycles. The van der Waals surface area contributed by atoms with Gasteiger partial charge in [-0.1, -0.05) is 12.1 Å². The third-order valence-corrected chi connectivity index (χ3v) is 4.63. The third-order valence-electron chi connectivity index (χ3n) is 4.63. The normalized spacial score (nSPS) is 11.3. The minimum atomic E-state index is -0.424. The van der Waals surface area contributed by atoms with Gasteiger partial charge in [-0.15, -0.1) is 0 Å². The van der Waals surface area contributed by atoms with Crippen molar-refractivity contribution in [2.45, 2.75) is 13.8 Å². The predicted octanol–water partition coefficient (Wildman–Crippen LogP) is 3.76. The summed E-state index contributed by atoms with van der Waals surface area (Å²) in [5.74, 6) is 0.494. The molecule has 3 N–H and O–H groups in total. The minimum Gasteiger partial charge on any atom is -0.422 e. The number of imidazole rings is 1. The van der Waals surface area contributed by atoms with E-state index in [1.165, 1.54) is 0 Å². The van der Waals surface area contributed by atoms with Gasteiger partial charge >= 0.3 is 5.63 Å². The molecular formula is C20H20N4O2. The van der Waals surface area contributed by atoms with Gasteiger partial charge in [-0.25, -0.2) is 9.78 Å². The standard InChI is InChI=1S/C20H20N4O2/c1-3-24(4-2)17-11-18-12(10-14(17)21)9-13(20(25)26-18)19-22-15-7-5-6-8-16(15)23-19/h5-11H,3-4,21H2,1-2H3,(H,22,23). The van der Waals surface area contributed by atoms with Crippen LogP contribution >= 0.6 is 0 Å². The molecule has 0 aliphatic heterocycles. The number of fused-ring (bicyclic) bond motifs is 2. The van der Waals surface area contributed by atoms with Gasteiger partial charge < -0.3 is 20.0 Å². The van der Waals surface area contributed by atoms with Gasteiger partial charge in [-0.3, -0.25) is 0 Å². The second kappa shape index (κ2) is 6.22. The van der Waals surface area contributed by atoms with E-state index in [1.807, 2.05) is 36.4 Å². The van der Waals surface area contributed by atoms with E-state index in [2.05, 4.69) is 28.7 Å². The van der Waals surface area contributed by atoms with Gasteiger partial charge in [0.2, 0.25) is 0 Å². The van der Waals surface area contributed by atoms with Gasteiger partial charge in [0, 0.05) is 24.5 Å². The molecule has 0 saturated heterocycles. The summed E-state index contributed by atoms with van der Waals surface area (Å²) in [7, 11) is 0. The van der Waals surface area contributed by atoms with Crippen LogP contribution in [-0.2, 0) is 0 Å². The Morgan fingerprint density at radius 3 is 2.65 bits per heavy atom. The Bertz CT molecular complexity index is 1120. The molecular weight excluding hydrogens is 328 g/mol. The van der Waals surface area contributed by atoms with Crippen molar-refractivity contribution in [2.75, 3.05) is 23.7 Å². The van der Waals surface area contributed by atoms with Crippen molar-refractivity contribution in [1.82, 2.24) is 9.97 Å². The lowest BCUT2D eigenvalue weighted by atomic mass is 10.1. The van der Waals surface area contributed by atoms with E-state index in [0.717, 1.165) is 35.2 Å². The van der Waals surface area contributed by atoms with Crippen LogP contribution in [0.25, 0.3) is 33.4 Å². The highest BCUT2D eigenvalue weighted by molar-refractivity contribution is 5.90. The second-order valence-electron chi connectivity index (χ2n) is 6.17. The fourth-order valence-corrected chi connectivity index (χ4v) is 3.26. The molecule has 0 atom stereocenters. The Morgan fingerprint density at radius 2 is 1.92 bits per heavy atom. The number of aromatic nitrogens is 2. The van der Waals surface area contributed by atoms with Gasteiger partial charge in [-0.2, -0.15) is 0 Å². The molecule has 26 heavy (non-hydrogen) atoms. The first-order valence-electron chi connectivity index (χ1n) is 8.68. The lowest BCUT2D eigenvalue weighted by Crippen LogP contribution is -2.22. The molecule has 0 bridgehead atoms. The summed E-state index contributed by atoms with van der Waals surface area (Å²) < 4.78 is 5.58. The Hall–Kier alpha value is -3.28. The van der Waals surface area contributed by atoms with Gasteiger partial charge in [0.05, 0.1) is 22.4 Å². The zero-order valence-electron chi connectivity index (χ0n) is 14.7. The van der Waals surface area contributed by atoms with E-state index in [9.17, 15) is 4.79 Å². The summed E-state index contributed by atoms with van der Waals surface area (Å²) in [5, 5.41) is 0.772. The lowest BCUT2D eigenvalue weighted by Gasteiger charge is -2.23. The highest BCUT2D eigenvalue weighted by Crippen LogP contribution is 2.30. The summed E-state index contributed by atoms with van der Waals surface area (Å²) in [6.07, 6.45) is 0. The summed E-state index contributed by atoms with van der Waals surface area (Å²) in [6.45, 7) is 5.78. The van der Waals surface area contributed by atoms with Crippen LogP contribution in [0.1, 0.15) is 13.8 Å². The first kappa shape index (κ1) is 16.2. The van der Waals surface area contributed by atoms with Crippen molar-refractivity contribution in [3.05, 3.63) is 52.9 Å². The molecule has 0 fully saturated rings. The maximum Gasteiger partial charge on any atom is 0.347 e. The Labute approximate surface area is 150 Å². The highest BCUT2D eigenvalue weighted by atomic mass is 16.4. The van der Waals surface area contributed by atoms with Crippen LogP contribution in [0.5, 0.6) is 0 Å². The summed E-state index contributed by atoms with van der Waals surface area (Å²) >= 11 is 0. The first-order chi connectivity index (χ1) is 12.6. The number of nitrogen functional groups attached to an aromatic ring is 1. The Kier molecular flexibility index (Phi) is 3.88. The number of hydrogen-bond donors (Lipinski definition) is 2. The second-order valence-corrected chi connectivity index (χ2v) is 6.17. The average Bonchev–Trinajstić information content (AvgIpc) is 3.07. The molecule has 0 aliphatic carbocycles. The number of nitrogens with zero attached hydrogens (tertiary/aromatic N) is 2. The maximum absolute atomic E-state index is 12.5. The number of rotatable bonds is 4. The molecule has 6 heteroatoms. The van der Waals surface area contributed by atoms with Crippen molar-refractivity contribution in [2.24, 2.45) is 0 Å². The number of para-hydroxylation sites is 2. The maximum atomic E-state index is 12.5. The van der Waals surface area contributed by atoms with Crippen molar-refractivity contribution in [1.29, 1.82) is 0 Å². The zero-order chi connectivity index (χ0) is 18.3. The van der Waals surface area contributed by atoms with Crippen LogP contribution < -0.4 is 16.3 Å². The Balaban J connectivity index is 1.89. The molecule has 0 radical (unpaired) electrons. The first-order valence-corrected chi connectivity index (χ1v) is 8.68. The monoisotopic (exact) mass is 348 g/mol. The van der Waals surface area contributed by atoms with E-state index in [4.69, 9.17) is 10.2 Å². The fourth-order valence-electron chi connectivity index (χ4n) is 3.26. The van der Waals surface area contributed by atoms with Gasteiger partial charge in [0.15, 0.2) is 0 Å². The van der Waals surface area contributed by atoms with Crippen LogP contribution in [0.15, 0.2) is 51.7 Å². The van der Waals surface area contributed by atoms with Crippen LogP contribution in [0, 0.1) is 0 Å². The van der Waals surface area contributed by atoms with Crippen molar-refractivity contribution in [3.8, 4) is 11.4 Å². The van der Waals surface area contributed by atoms with Crippen molar-refractivity contribution >= 4 is 33.4 Å². The van der Waals surface area contributed by atoms with E-state index in [1.54, 1.807) is 6.07 Å². The summed E-state index contributed by atoms with van der Waals surface area (Å²) in [5.41, 5.74) is 9.94. The number of hydrogen-bond acceptors (Lipinski definition) is 5. The van der Waals surface area contributed by atoms with E-state index < -0.39 is 5.63 Å². The highest BCUT2D eigenvalue weighted by Gasteiger charge is 2.15. The minimum absolute atomic E-state index is 0.392. The summed E-state index contributed by atoms with van der Waals surface area (Å²) in [6, 6.07) is 13.1. The molecule has 4 aromatic rings. The van der Waals surface area contributed by atoms with Crippen LogP contribution in [0.4, 0.5) is 11.4 Å². The van der Waals surface area contributed by atoms with E-state index in [-0.39, 0.29) is 0 Å². The summed E-state index contributed by atoms with van der Waals surface area (Å²) in [4.78, 5) is 22.3. The van der Waals surface area contributed by atoms with Crippen LogP contribution in [-0.4, -0.2) is 23.1 Å². The number of H-pyrrole nitrogens is 1. The smallest absolute Gasteiger partial charge is 0.347 e. The number of anilines is 2. The molecule has 132 valence electrons. The van der Waals surface area contributed by atoms with E-state index in [0.29, 0.717) is 22.7 Å². The number of nitrogens with two attached hydrogens (primary N) is 1. The molecule has 0 amide bonds. The van der Waals surface area contributed by atoms with Gasteiger partial charge in [-0.05, 0) is 38.1 Å². The van der Waals surface area contributed by atoms with Crippen molar-refractivity contribution in [3.63, 3.8) is 0 Å². The predicted molar refractivity (Wildman–Crippen MR) is 106 cm³/mol. The molecule has 0 unspecified atom stereocenters. The SMILES string of the molecule is CCN(CC)c1cc2oc(=O)c(-c3nc4ccccc4[nH]3)cc2cc1N. The van der Waals surface area contributed by atoms with Crippen molar-refractivity contribution < 1.29 is 4.42 Å². The molecule has 6 nitrogen and oxygen atoms in total. The van der Waals surface area contributed by atoms with Crippen LogP contribution in [0.2, 0.25) is 0 Å². The average molecular weight is 348 g/mol. The fraction of sp³-hybridized carbons (Fsp3) is 0.200. The zero-order valence-corrected chi connectivity index (χ0v) is 14.7. The van der Waals surface area contributed by atoms with Crippen LogP contribution in [0.3, 0.4) is 0 Å². The molecule has 0 saturated carbocycles. The van der Waals surface area contributed by atoms with Gasteiger partial charge in [0.25, 0.3) is 0 Å². The van der Waals surface area contributed by atoms with Gasteiger partial charge in [0.1, 0.15) is 17.0 Å². The topological polar surface area (TPSA) is 88.2 Å².